The zero-order valence-electron chi connectivity index (χ0n) is 11.0. The van der Waals surface area contributed by atoms with Crippen LogP contribution in [-0.2, 0) is 6.54 Å². The van der Waals surface area contributed by atoms with Crippen molar-refractivity contribution in [3.05, 3.63) is 53.6 Å². The highest BCUT2D eigenvalue weighted by Gasteiger charge is 2.20. The van der Waals surface area contributed by atoms with E-state index in [-0.39, 0.29) is 5.82 Å². The van der Waals surface area contributed by atoms with Crippen LogP contribution in [0.15, 0.2) is 36.7 Å². The molecule has 1 aromatic carbocycles. The van der Waals surface area contributed by atoms with Gasteiger partial charge in [0.25, 0.3) is 0 Å². The number of nitrogens with zero attached hydrogens (tertiary/aromatic N) is 1. The fourth-order valence-electron chi connectivity index (χ4n) is 2.21. The Morgan fingerprint density at radius 1 is 1.26 bits per heavy atom. The fraction of sp³-hybridized carbons (Fsp3) is 0.312. The van der Waals surface area contributed by atoms with E-state index < -0.39 is 0 Å². The van der Waals surface area contributed by atoms with Gasteiger partial charge in [0.1, 0.15) is 5.82 Å². The van der Waals surface area contributed by atoms with Crippen LogP contribution in [0.3, 0.4) is 0 Å². The molecule has 2 aromatic rings. The predicted octanol–water partition coefficient (Wildman–Crippen LogP) is 3.45. The summed E-state index contributed by atoms with van der Waals surface area (Å²) in [6, 6.07) is 7.87. The van der Waals surface area contributed by atoms with Gasteiger partial charge >= 0.3 is 0 Å². The zero-order valence-corrected chi connectivity index (χ0v) is 11.0. The molecule has 0 saturated heterocycles. The molecule has 0 atom stereocenters. The third kappa shape index (κ3) is 2.82. The topological polar surface area (TPSA) is 24.9 Å². The predicted molar refractivity (Wildman–Crippen MR) is 74.2 cm³/mol. The molecule has 98 valence electrons. The van der Waals surface area contributed by atoms with Gasteiger partial charge in [-0.2, -0.15) is 0 Å². The molecule has 1 aliphatic carbocycles. The number of hydrogen-bond donors (Lipinski definition) is 1. The molecule has 1 heterocycles. The van der Waals surface area contributed by atoms with Crippen molar-refractivity contribution >= 4 is 0 Å². The zero-order chi connectivity index (χ0) is 13.2. The van der Waals surface area contributed by atoms with Crippen LogP contribution < -0.4 is 5.32 Å². The Kier molecular flexibility index (Phi) is 3.30. The number of aromatic nitrogens is 1. The summed E-state index contributed by atoms with van der Waals surface area (Å²) in [5.74, 6) is -0.176. The fourth-order valence-corrected chi connectivity index (χ4v) is 2.21. The molecular formula is C16H17FN2. The summed E-state index contributed by atoms with van der Waals surface area (Å²) in [6.45, 7) is 2.76. The SMILES string of the molecule is Cc1cnccc1-c1cc(CNC2CC2)ccc1F. The summed E-state index contributed by atoms with van der Waals surface area (Å²) in [4.78, 5) is 4.06. The first kappa shape index (κ1) is 12.3. The van der Waals surface area contributed by atoms with E-state index in [0.29, 0.717) is 11.6 Å². The molecule has 0 aliphatic heterocycles. The van der Waals surface area contributed by atoms with Crippen molar-refractivity contribution in [2.45, 2.75) is 32.4 Å². The first-order valence-corrected chi connectivity index (χ1v) is 6.67. The molecule has 0 amide bonds. The van der Waals surface area contributed by atoms with Crippen molar-refractivity contribution in [1.29, 1.82) is 0 Å². The number of aryl methyl sites for hydroxylation is 1. The molecule has 1 N–H and O–H groups in total. The molecule has 0 spiro atoms. The van der Waals surface area contributed by atoms with Gasteiger partial charge in [0.2, 0.25) is 0 Å². The molecule has 1 fully saturated rings. The van der Waals surface area contributed by atoms with Crippen LogP contribution in [0.2, 0.25) is 0 Å². The van der Waals surface area contributed by atoms with E-state index >= 15 is 0 Å². The summed E-state index contributed by atoms with van der Waals surface area (Å²) in [7, 11) is 0. The summed E-state index contributed by atoms with van der Waals surface area (Å²) < 4.78 is 14.0. The molecule has 1 aliphatic rings. The van der Waals surface area contributed by atoms with Gasteiger partial charge in [-0.15, -0.1) is 0 Å². The van der Waals surface area contributed by atoms with Gasteiger partial charge in [-0.1, -0.05) is 6.07 Å². The van der Waals surface area contributed by atoms with Gasteiger partial charge in [-0.25, -0.2) is 4.39 Å². The van der Waals surface area contributed by atoms with Gasteiger partial charge < -0.3 is 5.32 Å². The molecule has 0 unspecified atom stereocenters. The van der Waals surface area contributed by atoms with Crippen LogP contribution in [0.1, 0.15) is 24.0 Å². The molecule has 2 nitrogen and oxygen atoms in total. The van der Waals surface area contributed by atoms with E-state index in [1.807, 2.05) is 25.1 Å². The number of hydrogen-bond acceptors (Lipinski definition) is 2. The standard InChI is InChI=1S/C16H17FN2/c1-11-9-18-7-6-14(11)15-8-12(2-5-16(15)17)10-19-13-3-4-13/h2,5-9,13,19H,3-4,10H2,1H3. The minimum Gasteiger partial charge on any atom is -0.310 e. The van der Waals surface area contributed by atoms with Crippen molar-refractivity contribution in [3.8, 4) is 11.1 Å². The molecule has 3 rings (SSSR count). The third-order valence-corrected chi connectivity index (χ3v) is 3.51. The average Bonchev–Trinajstić information content (AvgIpc) is 3.23. The van der Waals surface area contributed by atoms with Crippen molar-refractivity contribution in [3.63, 3.8) is 0 Å². The monoisotopic (exact) mass is 256 g/mol. The first-order valence-electron chi connectivity index (χ1n) is 6.67. The lowest BCUT2D eigenvalue weighted by Gasteiger charge is -2.10. The Labute approximate surface area is 112 Å². The highest BCUT2D eigenvalue weighted by atomic mass is 19.1. The number of halogens is 1. The third-order valence-electron chi connectivity index (χ3n) is 3.51. The second kappa shape index (κ2) is 5.10. The normalized spacial score (nSPS) is 14.6. The Balaban J connectivity index is 1.90. The second-order valence-electron chi connectivity index (χ2n) is 5.16. The molecule has 1 saturated carbocycles. The number of rotatable bonds is 4. The lowest BCUT2D eigenvalue weighted by Crippen LogP contribution is -2.15. The summed E-state index contributed by atoms with van der Waals surface area (Å²) in [6.07, 6.45) is 6.00. The Morgan fingerprint density at radius 3 is 2.84 bits per heavy atom. The molecule has 0 radical (unpaired) electrons. The van der Waals surface area contributed by atoms with E-state index in [4.69, 9.17) is 0 Å². The highest BCUT2D eigenvalue weighted by molar-refractivity contribution is 5.67. The van der Waals surface area contributed by atoms with Gasteiger partial charge in [0.15, 0.2) is 0 Å². The quantitative estimate of drug-likeness (QED) is 0.906. The van der Waals surface area contributed by atoms with Gasteiger partial charge in [0, 0.05) is 30.5 Å². The summed E-state index contributed by atoms with van der Waals surface area (Å²) in [5, 5.41) is 3.45. The maximum absolute atomic E-state index is 14.0. The number of benzene rings is 1. The summed E-state index contributed by atoms with van der Waals surface area (Å²) >= 11 is 0. The van der Waals surface area contributed by atoms with Crippen LogP contribution in [0.5, 0.6) is 0 Å². The van der Waals surface area contributed by atoms with Crippen LogP contribution in [0.25, 0.3) is 11.1 Å². The molecule has 3 heteroatoms. The minimum absolute atomic E-state index is 0.176. The van der Waals surface area contributed by atoms with E-state index in [9.17, 15) is 4.39 Å². The maximum atomic E-state index is 14.0. The lowest BCUT2D eigenvalue weighted by molar-refractivity contribution is 0.628. The maximum Gasteiger partial charge on any atom is 0.131 e. The van der Waals surface area contributed by atoms with Crippen molar-refractivity contribution in [2.75, 3.05) is 0 Å². The van der Waals surface area contributed by atoms with Crippen LogP contribution in [-0.4, -0.2) is 11.0 Å². The Morgan fingerprint density at radius 2 is 2.11 bits per heavy atom. The smallest absolute Gasteiger partial charge is 0.131 e. The highest BCUT2D eigenvalue weighted by Crippen LogP contribution is 2.27. The minimum atomic E-state index is -0.176. The summed E-state index contributed by atoms with van der Waals surface area (Å²) in [5.41, 5.74) is 3.70. The van der Waals surface area contributed by atoms with E-state index in [0.717, 1.165) is 23.2 Å². The van der Waals surface area contributed by atoms with Crippen LogP contribution >= 0.6 is 0 Å². The van der Waals surface area contributed by atoms with Crippen molar-refractivity contribution < 1.29 is 4.39 Å². The lowest BCUT2D eigenvalue weighted by atomic mass is 10.00. The average molecular weight is 256 g/mol. The Hall–Kier alpha value is -1.74. The number of nitrogens with one attached hydrogen (secondary N) is 1. The van der Waals surface area contributed by atoms with E-state index in [2.05, 4.69) is 10.3 Å². The van der Waals surface area contributed by atoms with E-state index in [1.54, 1.807) is 18.5 Å². The molecular weight excluding hydrogens is 239 g/mol. The Bertz CT molecular complexity index is 591. The molecule has 1 aromatic heterocycles. The van der Waals surface area contributed by atoms with Gasteiger partial charge in [-0.05, 0) is 54.7 Å². The number of pyridine rings is 1. The largest absolute Gasteiger partial charge is 0.310 e. The van der Waals surface area contributed by atoms with E-state index in [1.165, 1.54) is 12.8 Å². The molecule has 0 bridgehead atoms. The van der Waals surface area contributed by atoms with Gasteiger partial charge in [-0.3, -0.25) is 4.98 Å². The van der Waals surface area contributed by atoms with Crippen molar-refractivity contribution in [2.24, 2.45) is 0 Å². The first-order chi connectivity index (χ1) is 9.24. The van der Waals surface area contributed by atoms with Crippen LogP contribution in [0.4, 0.5) is 4.39 Å². The van der Waals surface area contributed by atoms with Gasteiger partial charge in [0.05, 0.1) is 0 Å². The van der Waals surface area contributed by atoms with Crippen LogP contribution in [0, 0.1) is 12.7 Å². The van der Waals surface area contributed by atoms with Crippen molar-refractivity contribution in [1.82, 2.24) is 10.3 Å². The second-order valence-corrected chi connectivity index (χ2v) is 5.16. The molecule has 19 heavy (non-hydrogen) atoms.